The van der Waals surface area contributed by atoms with Crippen LogP contribution in [0, 0.1) is 16.0 Å². The Labute approximate surface area is 167 Å². The first-order valence-corrected chi connectivity index (χ1v) is 8.90. The predicted molar refractivity (Wildman–Crippen MR) is 107 cm³/mol. The maximum atomic E-state index is 12.9. The molecule has 1 atom stereocenters. The van der Waals surface area contributed by atoms with Crippen molar-refractivity contribution in [2.75, 3.05) is 37.6 Å². The highest BCUT2D eigenvalue weighted by Gasteiger charge is 2.37. The van der Waals surface area contributed by atoms with Crippen LogP contribution in [0.2, 0.25) is 0 Å². The van der Waals surface area contributed by atoms with Crippen LogP contribution in [0.1, 0.15) is 6.42 Å². The lowest BCUT2D eigenvalue weighted by Crippen LogP contribution is -2.34. The Bertz CT molecular complexity index is 944. The third-order valence-corrected chi connectivity index (χ3v) is 4.93. The largest absolute Gasteiger partial charge is 0.493 e. The van der Waals surface area contributed by atoms with Crippen LogP contribution in [-0.4, -0.2) is 44.5 Å². The van der Waals surface area contributed by atoms with Gasteiger partial charge in [0.2, 0.25) is 11.8 Å². The van der Waals surface area contributed by atoms with Gasteiger partial charge in [-0.25, -0.2) is 0 Å². The van der Waals surface area contributed by atoms with E-state index >= 15 is 0 Å². The third-order valence-electron chi connectivity index (χ3n) is 4.93. The molecular formula is C20H21N3O6. The summed E-state index contributed by atoms with van der Waals surface area (Å²) in [6, 6.07) is 10.9. The molecule has 2 aromatic carbocycles. The number of carbonyl (C=O) groups is 2. The molecule has 2 aromatic rings. The van der Waals surface area contributed by atoms with Crippen molar-refractivity contribution >= 4 is 28.9 Å². The van der Waals surface area contributed by atoms with E-state index in [0.29, 0.717) is 22.9 Å². The van der Waals surface area contributed by atoms with Crippen molar-refractivity contribution in [3.8, 4) is 11.5 Å². The maximum absolute atomic E-state index is 12.9. The van der Waals surface area contributed by atoms with E-state index in [1.54, 1.807) is 30.1 Å². The molecule has 1 saturated heterocycles. The lowest BCUT2D eigenvalue weighted by molar-refractivity contribution is -0.384. The molecule has 152 valence electrons. The minimum Gasteiger partial charge on any atom is -0.493 e. The molecule has 0 N–H and O–H groups in total. The molecule has 1 aliphatic heterocycles. The second-order valence-corrected chi connectivity index (χ2v) is 6.62. The first-order chi connectivity index (χ1) is 13.8. The van der Waals surface area contributed by atoms with Crippen LogP contribution < -0.4 is 19.3 Å². The number of anilines is 2. The average molecular weight is 399 g/mol. The number of rotatable bonds is 6. The summed E-state index contributed by atoms with van der Waals surface area (Å²) >= 11 is 0. The van der Waals surface area contributed by atoms with Crippen LogP contribution >= 0.6 is 0 Å². The third kappa shape index (κ3) is 3.98. The lowest BCUT2D eigenvalue weighted by atomic mass is 10.1. The van der Waals surface area contributed by atoms with Gasteiger partial charge in [0.15, 0.2) is 11.5 Å². The van der Waals surface area contributed by atoms with Crippen LogP contribution in [-0.2, 0) is 9.59 Å². The number of non-ortho nitro benzene ring substituents is 1. The molecule has 0 spiro atoms. The minimum atomic E-state index is -0.518. The Hall–Kier alpha value is -3.62. The van der Waals surface area contributed by atoms with Gasteiger partial charge in [-0.05, 0) is 24.3 Å². The molecule has 0 saturated carbocycles. The van der Waals surface area contributed by atoms with E-state index in [-0.39, 0.29) is 30.5 Å². The molecule has 3 rings (SSSR count). The Balaban J connectivity index is 1.75. The van der Waals surface area contributed by atoms with Gasteiger partial charge in [-0.15, -0.1) is 0 Å². The van der Waals surface area contributed by atoms with Crippen molar-refractivity contribution in [1.29, 1.82) is 0 Å². The summed E-state index contributed by atoms with van der Waals surface area (Å²) in [6.45, 7) is 0.241. The summed E-state index contributed by atoms with van der Waals surface area (Å²) in [5, 5.41) is 10.8. The molecule has 1 aliphatic rings. The van der Waals surface area contributed by atoms with Gasteiger partial charge in [0, 0.05) is 49.6 Å². The summed E-state index contributed by atoms with van der Waals surface area (Å²) in [5.74, 6) is 0.141. The first kappa shape index (κ1) is 20.1. The van der Waals surface area contributed by atoms with Gasteiger partial charge < -0.3 is 19.3 Å². The van der Waals surface area contributed by atoms with E-state index in [1.165, 1.54) is 43.4 Å². The molecule has 9 nitrogen and oxygen atoms in total. The average Bonchev–Trinajstić information content (AvgIpc) is 3.13. The molecule has 1 heterocycles. The van der Waals surface area contributed by atoms with Crippen molar-refractivity contribution in [3.05, 3.63) is 52.6 Å². The number of methoxy groups -OCH3 is 2. The number of hydrogen-bond donors (Lipinski definition) is 0. The second-order valence-electron chi connectivity index (χ2n) is 6.62. The zero-order chi connectivity index (χ0) is 21.1. The Morgan fingerprint density at radius 1 is 1.14 bits per heavy atom. The molecule has 29 heavy (non-hydrogen) atoms. The number of nitro benzene ring substituents is 1. The monoisotopic (exact) mass is 399 g/mol. The quantitative estimate of drug-likeness (QED) is 0.547. The first-order valence-electron chi connectivity index (χ1n) is 8.90. The molecule has 0 radical (unpaired) electrons. The second kappa shape index (κ2) is 8.17. The fourth-order valence-electron chi connectivity index (χ4n) is 3.31. The van der Waals surface area contributed by atoms with E-state index in [9.17, 15) is 19.7 Å². The number of amides is 2. The minimum absolute atomic E-state index is 0.0507. The van der Waals surface area contributed by atoms with Gasteiger partial charge in [-0.2, -0.15) is 0 Å². The van der Waals surface area contributed by atoms with Crippen LogP contribution in [0.4, 0.5) is 17.1 Å². The van der Waals surface area contributed by atoms with Crippen molar-refractivity contribution in [2.24, 2.45) is 5.92 Å². The molecule has 1 fully saturated rings. The Morgan fingerprint density at radius 3 is 2.38 bits per heavy atom. The number of hydrogen-bond acceptors (Lipinski definition) is 6. The molecule has 0 bridgehead atoms. The highest BCUT2D eigenvalue weighted by atomic mass is 16.6. The van der Waals surface area contributed by atoms with Gasteiger partial charge in [-0.3, -0.25) is 19.7 Å². The highest BCUT2D eigenvalue weighted by molar-refractivity contribution is 6.04. The van der Waals surface area contributed by atoms with Gasteiger partial charge >= 0.3 is 0 Å². The topological polar surface area (TPSA) is 102 Å². The fourth-order valence-corrected chi connectivity index (χ4v) is 3.31. The molecule has 0 aromatic heterocycles. The standard InChI is InChI=1S/C20H21N3O6/c1-21(14-4-6-15(7-5-14)23(26)27)20(25)13-10-19(24)22(12-13)16-8-9-17(28-2)18(11-16)29-3/h4-9,11,13H,10,12H2,1-3H3/t13-/m1/s1. The van der Waals surface area contributed by atoms with Crippen molar-refractivity contribution in [2.45, 2.75) is 6.42 Å². The maximum Gasteiger partial charge on any atom is 0.269 e. The molecule has 2 amide bonds. The van der Waals surface area contributed by atoms with Crippen LogP contribution in [0.3, 0.4) is 0 Å². The Kier molecular flexibility index (Phi) is 5.67. The van der Waals surface area contributed by atoms with E-state index in [1.807, 2.05) is 0 Å². The number of ether oxygens (including phenoxy) is 2. The molecule has 0 unspecified atom stereocenters. The zero-order valence-electron chi connectivity index (χ0n) is 16.3. The van der Waals surface area contributed by atoms with Gasteiger partial charge in [-0.1, -0.05) is 0 Å². The van der Waals surface area contributed by atoms with E-state index in [2.05, 4.69) is 0 Å². The van der Waals surface area contributed by atoms with Crippen LogP contribution in [0.5, 0.6) is 11.5 Å². The van der Waals surface area contributed by atoms with Crippen molar-refractivity contribution in [3.63, 3.8) is 0 Å². The summed E-state index contributed by atoms with van der Waals surface area (Å²) in [6.07, 6.45) is 0.0878. The summed E-state index contributed by atoms with van der Waals surface area (Å²) in [4.78, 5) is 38.7. The summed E-state index contributed by atoms with van der Waals surface area (Å²) in [7, 11) is 4.63. The lowest BCUT2D eigenvalue weighted by Gasteiger charge is -2.22. The smallest absolute Gasteiger partial charge is 0.269 e. The zero-order valence-corrected chi connectivity index (χ0v) is 16.3. The number of nitro groups is 1. The number of benzene rings is 2. The molecule has 9 heteroatoms. The predicted octanol–water partition coefficient (Wildman–Crippen LogP) is 2.63. The SMILES string of the molecule is COc1ccc(N2C[C@H](C(=O)N(C)c3ccc([N+](=O)[O-])cc3)CC2=O)cc1OC. The normalized spacial score (nSPS) is 15.9. The summed E-state index contributed by atoms with van der Waals surface area (Å²) in [5.41, 5.74) is 1.10. The van der Waals surface area contributed by atoms with E-state index in [4.69, 9.17) is 9.47 Å². The van der Waals surface area contributed by atoms with E-state index in [0.717, 1.165) is 0 Å². The summed E-state index contributed by atoms with van der Waals surface area (Å²) < 4.78 is 10.5. The fraction of sp³-hybridized carbons (Fsp3) is 0.300. The number of nitrogens with zero attached hydrogens (tertiary/aromatic N) is 3. The van der Waals surface area contributed by atoms with Crippen LogP contribution in [0.25, 0.3) is 0 Å². The van der Waals surface area contributed by atoms with Gasteiger partial charge in [0.25, 0.3) is 5.69 Å². The van der Waals surface area contributed by atoms with Crippen molar-refractivity contribution in [1.82, 2.24) is 0 Å². The number of carbonyl (C=O) groups excluding carboxylic acids is 2. The Morgan fingerprint density at radius 2 is 1.79 bits per heavy atom. The van der Waals surface area contributed by atoms with Gasteiger partial charge in [0.1, 0.15) is 0 Å². The highest BCUT2D eigenvalue weighted by Crippen LogP contribution is 2.34. The van der Waals surface area contributed by atoms with E-state index < -0.39 is 10.8 Å². The van der Waals surface area contributed by atoms with Crippen molar-refractivity contribution < 1.29 is 24.0 Å². The molecular weight excluding hydrogens is 378 g/mol. The van der Waals surface area contributed by atoms with Crippen LogP contribution in [0.15, 0.2) is 42.5 Å². The van der Waals surface area contributed by atoms with Gasteiger partial charge in [0.05, 0.1) is 25.1 Å². The molecule has 0 aliphatic carbocycles.